The summed E-state index contributed by atoms with van der Waals surface area (Å²) in [6.45, 7) is 5.35. The monoisotopic (exact) mass is 318 g/mol. The summed E-state index contributed by atoms with van der Waals surface area (Å²) in [5.41, 5.74) is 3.16. The molecule has 23 heavy (non-hydrogen) atoms. The predicted octanol–water partition coefficient (Wildman–Crippen LogP) is 2.38. The largest absolute Gasteiger partial charge is 0.361 e. The molecular formula is C17H23FN4O. The number of hydrogen-bond acceptors (Lipinski definition) is 3. The Hall–Kier alpha value is -2.37. The first-order valence-corrected chi connectivity index (χ1v) is 7.71. The minimum absolute atomic E-state index is 0.210. The molecule has 2 N–H and O–H groups in total. The molecule has 0 bridgehead atoms. The van der Waals surface area contributed by atoms with Crippen molar-refractivity contribution in [3.63, 3.8) is 0 Å². The van der Waals surface area contributed by atoms with Gasteiger partial charge < -0.3 is 15.2 Å². The maximum Gasteiger partial charge on any atom is 0.190 e. The van der Waals surface area contributed by atoms with Gasteiger partial charge in [-0.2, -0.15) is 0 Å². The number of guanidine groups is 1. The van der Waals surface area contributed by atoms with Crippen molar-refractivity contribution >= 4 is 5.96 Å². The van der Waals surface area contributed by atoms with Crippen LogP contribution < -0.4 is 10.6 Å². The molecule has 5 nitrogen and oxygen atoms in total. The fourth-order valence-electron chi connectivity index (χ4n) is 2.36. The van der Waals surface area contributed by atoms with Gasteiger partial charge in [0.05, 0.1) is 5.69 Å². The number of benzene rings is 1. The molecule has 0 saturated carbocycles. The number of nitrogens with zero attached hydrogens (tertiary/aromatic N) is 2. The predicted molar refractivity (Wildman–Crippen MR) is 89.1 cm³/mol. The standard InChI is InChI=1S/C17H23FN4O/c1-12-16(13(2)23-22-12)9-11-21-17(19-3)20-10-8-14-4-6-15(18)7-5-14/h4-7H,8-11H2,1-3H3,(H2,19,20,21). The van der Waals surface area contributed by atoms with Gasteiger partial charge in [0, 0.05) is 25.7 Å². The van der Waals surface area contributed by atoms with Gasteiger partial charge in [0.25, 0.3) is 0 Å². The van der Waals surface area contributed by atoms with Crippen LogP contribution in [0.4, 0.5) is 4.39 Å². The van der Waals surface area contributed by atoms with E-state index in [4.69, 9.17) is 4.52 Å². The molecule has 1 aromatic carbocycles. The lowest BCUT2D eigenvalue weighted by atomic mass is 10.1. The van der Waals surface area contributed by atoms with Crippen molar-refractivity contribution in [1.82, 2.24) is 15.8 Å². The third-order valence-electron chi connectivity index (χ3n) is 3.69. The molecule has 2 aromatic rings. The van der Waals surface area contributed by atoms with E-state index < -0.39 is 0 Å². The first kappa shape index (κ1) is 17.0. The lowest BCUT2D eigenvalue weighted by Crippen LogP contribution is -2.39. The molecule has 1 heterocycles. The summed E-state index contributed by atoms with van der Waals surface area (Å²) in [4.78, 5) is 4.19. The lowest BCUT2D eigenvalue weighted by molar-refractivity contribution is 0.392. The second-order valence-corrected chi connectivity index (χ2v) is 5.35. The van der Waals surface area contributed by atoms with E-state index in [0.29, 0.717) is 0 Å². The first-order chi connectivity index (χ1) is 11.1. The molecule has 0 saturated heterocycles. The van der Waals surface area contributed by atoms with Crippen LogP contribution in [0.25, 0.3) is 0 Å². The van der Waals surface area contributed by atoms with Crippen molar-refractivity contribution in [2.75, 3.05) is 20.1 Å². The van der Waals surface area contributed by atoms with Crippen molar-refractivity contribution in [2.24, 2.45) is 4.99 Å². The zero-order valence-electron chi connectivity index (χ0n) is 13.8. The molecule has 0 fully saturated rings. The summed E-state index contributed by atoms with van der Waals surface area (Å²) >= 11 is 0. The van der Waals surface area contributed by atoms with Crippen molar-refractivity contribution in [3.8, 4) is 0 Å². The van der Waals surface area contributed by atoms with Gasteiger partial charge in [-0.3, -0.25) is 4.99 Å². The van der Waals surface area contributed by atoms with Gasteiger partial charge in [0.2, 0.25) is 0 Å². The molecule has 124 valence electrons. The average molecular weight is 318 g/mol. The zero-order valence-corrected chi connectivity index (χ0v) is 13.8. The topological polar surface area (TPSA) is 62.5 Å². The van der Waals surface area contributed by atoms with Crippen molar-refractivity contribution in [3.05, 3.63) is 52.7 Å². The Morgan fingerprint density at radius 3 is 2.35 bits per heavy atom. The Labute approximate surface area is 136 Å². The highest BCUT2D eigenvalue weighted by molar-refractivity contribution is 5.79. The summed E-state index contributed by atoms with van der Waals surface area (Å²) in [5, 5.41) is 10.5. The minimum atomic E-state index is -0.210. The SMILES string of the molecule is CN=C(NCCc1ccc(F)cc1)NCCc1c(C)noc1C. The summed E-state index contributed by atoms with van der Waals surface area (Å²) in [6, 6.07) is 6.55. The Morgan fingerprint density at radius 1 is 1.13 bits per heavy atom. The molecule has 0 radical (unpaired) electrons. The number of hydrogen-bond donors (Lipinski definition) is 2. The third-order valence-corrected chi connectivity index (χ3v) is 3.69. The number of aryl methyl sites for hydroxylation is 2. The van der Waals surface area contributed by atoms with Gasteiger partial charge in [0.1, 0.15) is 11.6 Å². The maximum absolute atomic E-state index is 12.8. The summed E-state index contributed by atoms with van der Waals surface area (Å²) in [7, 11) is 1.74. The molecule has 6 heteroatoms. The molecule has 0 spiro atoms. The van der Waals surface area contributed by atoms with E-state index in [-0.39, 0.29) is 5.82 Å². The maximum atomic E-state index is 12.8. The number of aromatic nitrogens is 1. The Bertz CT molecular complexity index is 630. The summed E-state index contributed by atoms with van der Waals surface area (Å²) in [5.74, 6) is 1.40. The molecule has 2 rings (SSSR count). The minimum Gasteiger partial charge on any atom is -0.361 e. The molecule has 0 amide bonds. The van der Waals surface area contributed by atoms with Crippen LogP contribution in [0.1, 0.15) is 22.6 Å². The molecule has 1 aromatic heterocycles. The number of halogens is 1. The second kappa shape index (κ2) is 8.31. The fourth-order valence-corrected chi connectivity index (χ4v) is 2.36. The normalized spacial score (nSPS) is 11.6. The van der Waals surface area contributed by atoms with E-state index in [1.807, 2.05) is 13.8 Å². The molecular weight excluding hydrogens is 295 g/mol. The zero-order chi connectivity index (χ0) is 16.7. The molecule has 0 aliphatic heterocycles. The van der Waals surface area contributed by atoms with Crippen molar-refractivity contribution < 1.29 is 8.91 Å². The third kappa shape index (κ3) is 5.09. The van der Waals surface area contributed by atoms with Crippen molar-refractivity contribution in [2.45, 2.75) is 26.7 Å². The van der Waals surface area contributed by atoms with E-state index >= 15 is 0 Å². The van der Waals surface area contributed by atoms with Crippen LogP contribution in [0.5, 0.6) is 0 Å². The molecule has 0 aliphatic carbocycles. The van der Waals surface area contributed by atoms with E-state index in [9.17, 15) is 4.39 Å². The van der Waals surface area contributed by atoms with Crippen molar-refractivity contribution in [1.29, 1.82) is 0 Å². The summed E-state index contributed by atoms with van der Waals surface area (Å²) in [6.07, 6.45) is 1.64. The quantitative estimate of drug-likeness (QED) is 0.634. The number of aliphatic imine (C=N–C) groups is 1. The Morgan fingerprint density at radius 2 is 1.78 bits per heavy atom. The van der Waals surface area contributed by atoms with Gasteiger partial charge in [0.15, 0.2) is 5.96 Å². The van der Waals surface area contributed by atoms with Crippen LogP contribution in [0.2, 0.25) is 0 Å². The van der Waals surface area contributed by atoms with Crippen LogP contribution in [0.15, 0.2) is 33.8 Å². The van der Waals surface area contributed by atoms with Crippen LogP contribution in [0, 0.1) is 19.7 Å². The Kier molecular flexibility index (Phi) is 6.14. The van der Waals surface area contributed by atoms with Crippen LogP contribution >= 0.6 is 0 Å². The molecule has 0 atom stereocenters. The van der Waals surface area contributed by atoms with Gasteiger partial charge in [-0.1, -0.05) is 17.3 Å². The number of rotatable bonds is 6. The average Bonchev–Trinajstić information content (AvgIpc) is 2.87. The fraction of sp³-hybridized carbons (Fsp3) is 0.412. The van der Waals surface area contributed by atoms with Gasteiger partial charge in [-0.15, -0.1) is 0 Å². The van der Waals surface area contributed by atoms with Gasteiger partial charge in [-0.25, -0.2) is 4.39 Å². The van der Waals surface area contributed by atoms with Gasteiger partial charge in [-0.05, 0) is 44.4 Å². The number of nitrogens with one attached hydrogen (secondary N) is 2. The van der Waals surface area contributed by atoms with Crippen LogP contribution in [0.3, 0.4) is 0 Å². The highest BCUT2D eigenvalue weighted by Crippen LogP contribution is 2.11. The smallest absolute Gasteiger partial charge is 0.190 e. The van der Waals surface area contributed by atoms with Crippen LogP contribution in [-0.4, -0.2) is 31.3 Å². The second-order valence-electron chi connectivity index (χ2n) is 5.35. The van der Waals surface area contributed by atoms with Crippen LogP contribution in [-0.2, 0) is 12.8 Å². The molecule has 0 unspecified atom stereocenters. The highest BCUT2D eigenvalue weighted by Gasteiger charge is 2.08. The van der Waals surface area contributed by atoms with E-state index in [0.717, 1.165) is 54.5 Å². The van der Waals surface area contributed by atoms with E-state index in [1.54, 1.807) is 19.2 Å². The molecule has 0 aliphatic rings. The summed E-state index contributed by atoms with van der Waals surface area (Å²) < 4.78 is 18.0. The highest BCUT2D eigenvalue weighted by atomic mass is 19.1. The van der Waals surface area contributed by atoms with E-state index in [2.05, 4.69) is 20.8 Å². The Balaban J connectivity index is 1.72. The van der Waals surface area contributed by atoms with Gasteiger partial charge >= 0.3 is 0 Å². The van der Waals surface area contributed by atoms with E-state index in [1.165, 1.54) is 12.1 Å². The first-order valence-electron chi connectivity index (χ1n) is 7.71. The lowest BCUT2D eigenvalue weighted by Gasteiger charge is -2.11.